The van der Waals surface area contributed by atoms with Gasteiger partial charge in [0.15, 0.2) is 0 Å². The molecule has 2 aromatic rings. The van der Waals surface area contributed by atoms with Crippen LogP contribution in [0.1, 0.15) is 40.9 Å². The number of aromatic nitrogens is 2. The number of hydrogen-bond acceptors (Lipinski definition) is 3. The zero-order chi connectivity index (χ0) is 17.7. The molecule has 0 radical (unpaired) electrons. The van der Waals surface area contributed by atoms with E-state index in [1.165, 1.54) is 0 Å². The highest BCUT2D eigenvalue weighted by atomic mass is 16.1. The van der Waals surface area contributed by atoms with Crippen molar-refractivity contribution >= 4 is 11.6 Å². The highest BCUT2D eigenvalue weighted by Crippen LogP contribution is 2.17. The van der Waals surface area contributed by atoms with Gasteiger partial charge in [0.05, 0.1) is 24.7 Å². The van der Waals surface area contributed by atoms with Crippen molar-refractivity contribution in [2.24, 2.45) is 0 Å². The van der Waals surface area contributed by atoms with E-state index in [0.717, 1.165) is 33.8 Å². The van der Waals surface area contributed by atoms with E-state index in [9.17, 15) is 4.79 Å². The molecule has 0 saturated heterocycles. The summed E-state index contributed by atoms with van der Waals surface area (Å²) < 4.78 is 1.86. The van der Waals surface area contributed by atoms with Crippen LogP contribution >= 0.6 is 0 Å². The third-order valence-electron chi connectivity index (χ3n) is 4.07. The van der Waals surface area contributed by atoms with E-state index >= 15 is 0 Å². The van der Waals surface area contributed by atoms with Gasteiger partial charge in [0.2, 0.25) is 5.91 Å². The second kappa shape index (κ2) is 7.78. The van der Waals surface area contributed by atoms with Gasteiger partial charge in [-0.1, -0.05) is 6.07 Å². The van der Waals surface area contributed by atoms with Crippen molar-refractivity contribution in [3.8, 4) is 6.07 Å². The number of anilines is 1. The van der Waals surface area contributed by atoms with Gasteiger partial charge in [-0.25, -0.2) is 0 Å². The lowest BCUT2D eigenvalue weighted by Gasteiger charge is -2.08. The molecular formula is C19H24N4O. The molecule has 1 heterocycles. The normalized spacial score (nSPS) is 10.5. The largest absolute Gasteiger partial charge is 0.326 e. The number of carbonyl (C=O) groups excluding carboxylic acids is 1. The molecule has 0 saturated carbocycles. The average molecular weight is 324 g/mol. The van der Waals surface area contributed by atoms with Crippen LogP contribution in [0.2, 0.25) is 0 Å². The number of aryl methyl sites for hydroxylation is 4. The van der Waals surface area contributed by atoms with Crippen LogP contribution in [0.15, 0.2) is 18.2 Å². The summed E-state index contributed by atoms with van der Waals surface area (Å²) in [6.07, 6.45) is 1.51. The molecule has 1 aromatic carbocycles. The third-order valence-corrected chi connectivity index (χ3v) is 4.07. The summed E-state index contributed by atoms with van der Waals surface area (Å²) in [5, 5.41) is 16.1. The molecule has 0 aliphatic heterocycles. The van der Waals surface area contributed by atoms with Crippen LogP contribution in [0.5, 0.6) is 0 Å². The Hall–Kier alpha value is -2.61. The maximum Gasteiger partial charge on any atom is 0.224 e. The monoisotopic (exact) mass is 324 g/mol. The number of benzene rings is 1. The van der Waals surface area contributed by atoms with Crippen molar-refractivity contribution in [2.75, 3.05) is 5.32 Å². The van der Waals surface area contributed by atoms with Crippen molar-refractivity contribution in [3.63, 3.8) is 0 Å². The summed E-state index contributed by atoms with van der Waals surface area (Å²) in [7, 11) is 0. The Bertz CT molecular complexity index is 763. The number of amides is 1. The molecular weight excluding hydrogens is 300 g/mol. The van der Waals surface area contributed by atoms with Crippen LogP contribution in [0.25, 0.3) is 0 Å². The Labute approximate surface area is 143 Å². The van der Waals surface area contributed by atoms with Crippen molar-refractivity contribution in [1.82, 2.24) is 9.78 Å². The predicted molar refractivity (Wildman–Crippen MR) is 94.8 cm³/mol. The fourth-order valence-electron chi connectivity index (χ4n) is 2.98. The van der Waals surface area contributed by atoms with Crippen LogP contribution in [0, 0.1) is 39.0 Å². The zero-order valence-corrected chi connectivity index (χ0v) is 14.8. The minimum atomic E-state index is 0.00331. The summed E-state index contributed by atoms with van der Waals surface area (Å²) in [6, 6.07) is 8.16. The quantitative estimate of drug-likeness (QED) is 0.882. The van der Waals surface area contributed by atoms with Gasteiger partial charge in [-0.15, -0.1) is 0 Å². The molecule has 2 rings (SSSR count). The molecule has 0 fully saturated rings. The maximum absolute atomic E-state index is 12.2. The minimum Gasteiger partial charge on any atom is -0.326 e. The van der Waals surface area contributed by atoms with E-state index in [-0.39, 0.29) is 5.91 Å². The van der Waals surface area contributed by atoms with Crippen LogP contribution < -0.4 is 5.32 Å². The lowest BCUT2D eigenvalue weighted by atomic mass is 10.1. The molecule has 5 heteroatoms. The summed E-state index contributed by atoms with van der Waals surface area (Å²) in [5.41, 5.74) is 6.19. The lowest BCUT2D eigenvalue weighted by Crippen LogP contribution is -2.13. The van der Waals surface area contributed by atoms with E-state index in [0.29, 0.717) is 25.8 Å². The standard InChI is InChI=1S/C19H24N4O/c1-13-10-14(2)12-17(11-13)21-19(24)7-6-18-15(3)22-23(16(18)4)9-5-8-20/h10-12H,5-7,9H2,1-4H3,(H,21,24). The Morgan fingerprint density at radius 2 is 1.88 bits per heavy atom. The topological polar surface area (TPSA) is 70.7 Å². The van der Waals surface area contributed by atoms with Crippen molar-refractivity contribution in [3.05, 3.63) is 46.3 Å². The smallest absolute Gasteiger partial charge is 0.224 e. The predicted octanol–water partition coefficient (Wildman–Crippen LogP) is 3.60. The molecule has 0 unspecified atom stereocenters. The van der Waals surface area contributed by atoms with Gasteiger partial charge in [0.1, 0.15) is 0 Å². The fraction of sp³-hybridized carbons (Fsp3) is 0.421. The Kier molecular flexibility index (Phi) is 5.75. The zero-order valence-electron chi connectivity index (χ0n) is 14.8. The molecule has 0 atom stereocenters. The number of rotatable bonds is 6. The molecule has 0 spiro atoms. The van der Waals surface area contributed by atoms with E-state index < -0.39 is 0 Å². The molecule has 0 aliphatic rings. The number of carbonyl (C=O) groups is 1. The van der Waals surface area contributed by atoms with Gasteiger partial charge in [-0.2, -0.15) is 10.4 Å². The van der Waals surface area contributed by atoms with E-state index in [1.54, 1.807) is 0 Å². The van der Waals surface area contributed by atoms with Gasteiger partial charge in [0, 0.05) is 17.8 Å². The first kappa shape index (κ1) is 17.7. The number of nitrogens with one attached hydrogen (secondary N) is 1. The second-order valence-electron chi connectivity index (χ2n) is 6.21. The first-order valence-electron chi connectivity index (χ1n) is 8.18. The number of hydrogen-bond donors (Lipinski definition) is 1. The van der Waals surface area contributed by atoms with Crippen molar-refractivity contribution in [2.45, 2.75) is 53.5 Å². The molecule has 126 valence electrons. The summed E-state index contributed by atoms with van der Waals surface area (Å²) in [6.45, 7) is 8.58. The van der Waals surface area contributed by atoms with Crippen LogP contribution in [0.4, 0.5) is 5.69 Å². The molecule has 24 heavy (non-hydrogen) atoms. The third kappa shape index (κ3) is 4.45. The van der Waals surface area contributed by atoms with Gasteiger partial charge >= 0.3 is 0 Å². The van der Waals surface area contributed by atoms with E-state index in [2.05, 4.69) is 22.6 Å². The first-order chi connectivity index (χ1) is 11.4. The van der Waals surface area contributed by atoms with Crippen LogP contribution in [0.3, 0.4) is 0 Å². The molecule has 1 amide bonds. The highest BCUT2D eigenvalue weighted by molar-refractivity contribution is 5.91. The SMILES string of the molecule is Cc1cc(C)cc(NC(=O)CCc2c(C)nn(CCC#N)c2C)c1. The Morgan fingerprint density at radius 3 is 2.50 bits per heavy atom. The molecule has 0 aliphatic carbocycles. The number of nitrogens with zero attached hydrogens (tertiary/aromatic N) is 3. The second-order valence-corrected chi connectivity index (χ2v) is 6.21. The maximum atomic E-state index is 12.2. The van der Waals surface area contributed by atoms with E-state index in [4.69, 9.17) is 5.26 Å². The molecule has 1 aromatic heterocycles. The highest BCUT2D eigenvalue weighted by Gasteiger charge is 2.13. The summed E-state index contributed by atoms with van der Waals surface area (Å²) in [4.78, 5) is 12.2. The van der Waals surface area contributed by atoms with Crippen LogP contribution in [-0.4, -0.2) is 15.7 Å². The molecule has 0 bridgehead atoms. The van der Waals surface area contributed by atoms with Crippen LogP contribution in [-0.2, 0) is 17.8 Å². The first-order valence-corrected chi connectivity index (χ1v) is 8.18. The summed E-state index contributed by atoms with van der Waals surface area (Å²) in [5.74, 6) is 0.00331. The van der Waals surface area contributed by atoms with Gasteiger partial charge in [-0.3, -0.25) is 9.48 Å². The molecule has 1 N–H and O–H groups in total. The molecule has 5 nitrogen and oxygen atoms in total. The Balaban J connectivity index is 1.99. The van der Waals surface area contributed by atoms with Crippen molar-refractivity contribution in [1.29, 1.82) is 5.26 Å². The Morgan fingerprint density at radius 1 is 1.21 bits per heavy atom. The fourth-order valence-corrected chi connectivity index (χ4v) is 2.98. The van der Waals surface area contributed by atoms with E-state index in [1.807, 2.05) is 44.5 Å². The summed E-state index contributed by atoms with van der Waals surface area (Å²) >= 11 is 0. The van der Waals surface area contributed by atoms with Gasteiger partial charge in [-0.05, 0) is 62.9 Å². The van der Waals surface area contributed by atoms with Gasteiger partial charge in [0.25, 0.3) is 0 Å². The minimum absolute atomic E-state index is 0.00331. The lowest BCUT2D eigenvalue weighted by molar-refractivity contribution is -0.116. The average Bonchev–Trinajstić information content (AvgIpc) is 2.76. The van der Waals surface area contributed by atoms with Gasteiger partial charge < -0.3 is 5.32 Å². The number of nitriles is 1. The van der Waals surface area contributed by atoms with Crippen molar-refractivity contribution < 1.29 is 4.79 Å².